The van der Waals surface area contributed by atoms with E-state index in [4.69, 9.17) is 0 Å². The zero-order valence-corrected chi connectivity index (χ0v) is 11.2. The van der Waals surface area contributed by atoms with Crippen molar-refractivity contribution in [1.82, 2.24) is 15.5 Å². The fourth-order valence-electron chi connectivity index (χ4n) is 2.89. The lowest BCUT2D eigenvalue weighted by molar-refractivity contribution is -0.142. The van der Waals surface area contributed by atoms with Gasteiger partial charge >= 0.3 is 12.0 Å². The number of rotatable bonds is 2. The Bertz CT molecular complexity index is 329. The van der Waals surface area contributed by atoms with E-state index in [1.807, 2.05) is 0 Å². The highest BCUT2D eigenvalue weighted by Crippen LogP contribution is 2.24. The molecule has 3 N–H and O–H groups in total. The monoisotopic (exact) mass is 269 g/mol. The SMILES string of the molecule is O=C(O)C1CCCCCC1NC(=O)N1CCNCC1. The summed E-state index contributed by atoms with van der Waals surface area (Å²) in [6, 6.07) is -0.331. The van der Waals surface area contributed by atoms with E-state index in [2.05, 4.69) is 10.6 Å². The topological polar surface area (TPSA) is 81.7 Å². The number of carboxylic acids is 1. The number of nitrogens with zero attached hydrogens (tertiary/aromatic N) is 1. The fourth-order valence-corrected chi connectivity index (χ4v) is 2.89. The first kappa shape index (κ1) is 14.1. The van der Waals surface area contributed by atoms with Crippen molar-refractivity contribution in [2.75, 3.05) is 26.2 Å². The molecule has 2 atom stereocenters. The summed E-state index contributed by atoms with van der Waals surface area (Å²) in [4.78, 5) is 25.2. The average Bonchev–Trinajstić information content (AvgIpc) is 2.65. The van der Waals surface area contributed by atoms with Crippen LogP contribution < -0.4 is 10.6 Å². The van der Waals surface area contributed by atoms with E-state index in [9.17, 15) is 14.7 Å². The highest BCUT2D eigenvalue weighted by Gasteiger charge is 2.31. The van der Waals surface area contributed by atoms with E-state index in [0.29, 0.717) is 19.5 Å². The molecule has 6 nitrogen and oxygen atoms in total. The number of amides is 2. The number of aliphatic carboxylic acids is 1. The van der Waals surface area contributed by atoms with Crippen LogP contribution in [0.4, 0.5) is 4.79 Å². The maximum Gasteiger partial charge on any atom is 0.317 e. The molecule has 2 aliphatic rings. The molecule has 2 fully saturated rings. The van der Waals surface area contributed by atoms with Crippen LogP contribution in [0, 0.1) is 5.92 Å². The van der Waals surface area contributed by atoms with Crippen LogP contribution in [0.5, 0.6) is 0 Å². The summed E-state index contributed by atoms with van der Waals surface area (Å²) in [5.74, 6) is -1.22. The van der Waals surface area contributed by atoms with E-state index in [0.717, 1.165) is 38.8 Å². The van der Waals surface area contributed by atoms with Crippen molar-refractivity contribution in [1.29, 1.82) is 0 Å². The van der Waals surface area contributed by atoms with Gasteiger partial charge in [0.15, 0.2) is 0 Å². The Balaban J connectivity index is 1.93. The summed E-state index contributed by atoms with van der Waals surface area (Å²) in [6.45, 7) is 2.99. The van der Waals surface area contributed by atoms with Crippen LogP contribution in [0.25, 0.3) is 0 Å². The van der Waals surface area contributed by atoms with Crippen LogP contribution in [-0.4, -0.2) is 54.2 Å². The first-order chi connectivity index (χ1) is 9.18. The number of carbonyl (C=O) groups excluding carboxylic acids is 1. The van der Waals surface area contributed by atoms with Gasteiger partial charge in [-0.1, -0.05) is 19.3 Å². The molecule has 0 spiro atoms. The van der Waals surface area contributed by atoms with Gasteiger partial charge in [-0.2, -0.15) is 0 Å². The van der Waals surface area contributed by atoms with Crippen molar-refractivity contribution in [3.8, 4) is 0 Å². The summed E-state index contributed by atoms with van der Waals surface area (Å²) >= 11 is 0. The van der Waals surface area contributed by atoms with Gasteiger partial charge in [0, 0.05) is 32.2 Å². The van der Waals surface area contributed by atoms with Crippen molar-refractivity contribution < 1.29 is 14.7 Å². The van der Waals surface area contributed by atoms with Gasteiger partial charge < -0.3 is 20.6 Å². The van der Waals surface area contributed by atoms with Crippen LogP contribution in [0.1, 0.15) is 32.1 Å². The molecule has 1 aliphatic carbocycles. The van der Waals surface area contributed by atoms with E-state index in [-0.39, 0.29) is 12.1 Å². The Kier molecular flexibility index (Phi) is 5.01. The number of carbonyl (C=O) groups is 2. The maximum absolute atomic E-state index is 12.1. The molecule has 1 heterocycles. The van der Waals surface area contributed by atoms with E-state index < -0.39 is 11.9 Å². The standard InChI is InChI=1S/C13H23N3O3/c17-12(18)10-4-2-1-3-5-11(10)15-13(19)16-8-6-14-7-9-16/h10-11,14H,1-9H2,(H,15,19)(H,17,18). The summed E-state index contributed by atoms with van der Waals surface area (Å²) in [5.41, 5.74) is 0. The molecule has 1 saturated carbocycles. The number of hydrogen-bond donors (Lipinski definition) is 3. The van der Waals surface area contributed by atoms with Gasteiger partial charge in [-0.3, -0.25) is 4.79 Å². The molecular formula is C13H23N3O3. The number of piperazine rings is 1. The van der Waals surface area contributed by atoms with Crippen LogP contribution in [0.3, 0.4) is 0 Å². The minimum Gasteiger partial charge on any atom is -0.481 e. The summed E-state index contributed by atoms with van der Waals surface area (Å²) in [7, 11) is 0. The average molecular weight is 269 g/mol. The molecule has 2 unspecified atom stereocenters. The third-order valence-electron chi connectivity index (χ3n) is 4.05. The first-order valence-corrected chi connectivity index (χ1v) is 7.17. The lowest BCUT2D eigenvalue weighted by atomic mass is 9.95. The number of nitrogens with one attached hydrogen (secondary N) is 2. The minimum absolute atomic E-state index is 0.111. The third-order valence-corrected chi connectivity index (χ3v) is 4.05. The van der Waals surface area contributed by atoms with Gasteiger partial charge in [0.25, 0.3) is 0 Å². The molecule has 19 heavy (non-hydrogen) atoms. The summed E-state index contributed by atoms with van der Waals surface area (Å²) in [5, 5.41) is 15.4. The Hall–Kier alpha value is -1.30. The molecule has 1 saturated heterocycles. The van der Waals surface area contributed by atoms with Crippen LogP contribution in [0.15, 0.2) is 0 Å². The number of hydrogen-bond acceptors (Lipinski definition) is 3. The molecule has 0 aromatic heterocycles. The van der Waals surface area contributed by atoms with E-state index >= 15 is 0 Å². The lowest BCUT2D eigenvalue weighted by Crippen LogP contribution is -2.54. The Morgan fingerprint density at radius 3 is 2.47 bits per heavy atom. The second-order valence-electron chi connectivity index (χ2n) is 5.38. The second-order valence-corrected chi connectivity index (χ2v) is 5.38. The number of urea groups is 1. The minimum atomic E-state index is -0.785. The Morgan fingerprint density at radius 2 is 1.79 bits per heavy atom. The molecule has 1 aliphatic heterocycles. The molecule has 6 heteroatoms. The van der Waals surface area contributed by atoms with Crippen LogP contribution in [-0.2, 0) is 4.79 Å². The zero-order valence-electron chi connectivity index (χ0n) is 11.2. The van der Waals surface area contributed by atoms with E-state index in [1.165, 1.54) is 0 Å². The second kappa shape index (κ2) is 6.75. The maximum atomic E-state index is 12.1. The lowest BCUT2D eigenvalue weighted by Gasteiger charge is -2.31. The van der Waals surface area contributed by atoms with Crippen molar-refractivity contribution in [3.63, 3.8) is 0 Å². The van der Waals surface area contributed by atoms with Gasteiger partial charge in [-0.15, -0.1) is 0 Å². The predicted molar refractivity (Wildman–Crippen MR) is 71.0 cm³/mol. The number of carboxylic acid groups (broad SMARTS) is 1. The smallest absolute Gasteiger partial charge is 0.317 e. The van der Waals surface area contributed by atoms with Crippen molar-refractivity contribution in [2.45, 2.75) is 38.1 Å². The summed E-state index contributed by atoms with van der Waals surface area (Å²) in [6.07, 6.45) is 4.44. The third kappa shape index (κ3) is 3.83. The molecule has 0 bridgehead atoms. The molecule has 0 aromatic carbocycles. The highest BCUT2D eigenvalue weighted by atomic mass is 16.4. The Labute approximate surface area is 113 Å². The van der Waals surface area contributed by atoms with Gasteiger partial charge in [-0.05, 0) is 12.8 Å². The first-order valence-electron chi connectivity index (χ1n) is 7.17. The van der Waals surface area contributed by atoms with Crippen molar-refractivity contribution in [3.05, 3.63) is 0 Å². The van der Waals surface area contributed by atoms with Gasteiger partial charge in [0.05, 0.1) is 5.92 Å². The Morgan fingerprint density at radius 1 is 1.11 bits per heavy atom. The quantitative estimate of drug-likeness (QED) is 0.642. The molecule has 2 rings (SSSR count). The molecule has 0 radical (unpaired) electrons. The van der Waals surface area contributed by atoms with Gasteiger partial charge in [0.1, 0.15) is 0 Å². The van der Waals surface area contributed by atoms with Crippen molar-refractivity contribution >= 4 is 12.0 Å². The van der Waals surface area contributed by atoms with Gasteiger partial charge in [0.2, 0.25) is 0 Å². The van der Waals surface area contributed by atoms with Gasteiger partial charge in [-0.25, -0.2) is 4.79 Å². The molecule has 0 aromatic rings. The molecular weight excluding hydrogens is 246 g/mol. The van der Waals surface area contributed by atoms with E-state index in [1.54, 1.807) is 4.90 Å². The van der Waals surface area contributed by atoms with Crippen molar-refractivity contribution in [2.24, 2.45) is 5.92 Å². The normalized spacial score (nSPS) is 28.5. The highest BCUT2D eigenvalue weighted by molar-refractivity contribution is 5.77. The molecule has 108 valence electrons. The zero-order chi connectivity index (χ0) is 13.7. The predicted octanol–water partition coefficient (Wildman–Crippen LogP) is 0.635. The summed E-state index contributed by atoms with van der Waals surface area (Å²) < 4.78 is 0. The molecule has 2 amide bonds. The van der Waals surface area contributed by atoms with Crippen LogP contribution >= 0.6 is 0 Å². The fraction of sp³-hybridized carbons (Fsp3) is 0.846. The van der Waals surface area contributed by atoms with Crippen LogP contribution in [0.2, 0.25) is 0 Å². The largest absolute Gasteiger partial charge is 0.481 e.